The standard InChI is InChI=1S/C12H9F3O/c1-8-5-6-9-3-2-4-11(10(9)7-8)16-12(13,14)15/h2-7H,1H3. The summed E-state index contributed by atoms with van der Waals surface area (Å²) in [4.78, 5) is 0. The molecule has 0 aliphatic heterocycles. The van der Waals surface area contributed by atoms with Gasteiger partial charge in [-0.05, 0) is 24.4 Å². The molecule has 0 amide bonds. The van der Waals surface area contributed by atoms with E-state index in [-0.39, 0.29) is 5.75 Å². The van der Waals surface area contributed by atoms with Gasteiger partial charge >= 0.3 is 6.36 Å². The normalized spacial score (nSPS) is 11.8. The first-order valence-corrected chi connectivity index (χ1v) is 4.71. The number of benzene rings is 2. The van der Waals surface area contributed by atoms with Crippen molar-refractivity contribution in [3.05, 3.63) is 42.0 Å². The van der Waals surface area contributed by atoms with Crippen LogP contribution in [0.1, 0.15) is 5.56 Å². The summed E-state index contributed by atoms with van der Waals surface area (Å²) in [6.07, 6.45) is -4.65. The summed E-state index contributed by atoms with van der Waals surface area (Å²) in [5.74, 6) is -0.159. The van der Waals surface area contributed by atoms with Crippen LogP contribution in [0.3, 0.4) is 0 Å². The number of hydrogen-bond donors (Lipinski definition) is 0. The molecule has 1 nitrogen and oxygen atoms in total. The van der Waals surface area contributed by atoms with Crippen LogP contribution in [0.15, 0.2) is 36.4 Å². The molecule has 0 bridgehead atoms. The van der Waals surface area contributed by atoms with Gasteiger partial charge in [0.25, 0.3) is 0 Å². The maximum absolute atomic E-state index is 12.1. The van der Waals surface area contributed by atoms with Crippen LogP contribution >= 0.6 is 0 Å². The Balaban J connectivity index is 2.56. The van der Waals surface area contributed by atoms with E-state index in [0.717, 1.165) is 10.9 Å². The van der Waals surface area contributed by atoms with E-state index >= 15 is 0 Å². The van der Waals surface area contributed by atoms with Gasteiger partial charge in [0.1, 0.15) is 5.75 Å². The van der Waals surface area contributed by atoms with Crippen LogP contribution < -0.4 is 4.74 Å². The summed E-state index contributed by atoms with van der Waals surface area (Å²) in [6, 6.07) is 9.90. The van der Waals surface area contributed by atoms with E-state index in [4.69, 9.17) is 0 Å². The van der Waals surface area contributed by atoms with Crippen molar-refractivity contribution in [2.45, 2.75) is 13.3 Å². The number of halogens is 3. The molecule has 0 spiro atoms. The highest BCUT2D eigenvalue weighted by Gasteiger charge is 2.31. The Hall–Kier alpha value is -1.71. The number of fused-ring (bicyclic) bond motifs is 1. The molecule has 16 heavy (non-hydrogen) atoms. The Morgan fingerprint density at radius 2 is 1.81 bits per heavy atom. The molecule has 2 aromatic rings. The van der Waals surface area contributed by atoms with Crippen LogP contribution in [0.5, 0.6) is 5.75 Å². The highest BCUT2D eigenvalue weighted by molar-refractivity contribution is 5.88. The topological polar surface area (TPSA) is 9.23 Å². The molecule has 84 valence electrons. The lowest BCUT2D eigenvalue weighted by Crippen LogP contribution is -2.17. The van der Waals surface area contributed by atoms with Crippen molar-refractivity contribution in [2.75, 3.05) is 0 Å². The monoisotopic (exact) mass is 226 g/mol. The molecule has 0 fully saturated rings. The maximum Gasteiger partial charge on any atom is 0.573 e. The first kappa shape index (κ1) is 10.8. The molecule has 0 heterocycles. The third-order valence-corrected chi connectivity index (χ3v) is 2.22. The summed E-state index contributed by atoms with van der Waals surface area (Å²) in [5.41, 5.74) is 0.894. The van der Waals surface area contributed by atoms with Gasteiger partial charge in [-0.1, -0.05) is 29.8 Å². The fraction of sp³-hybridized carbons (Fsp3) is 0.167. The summed E-state index contributed by atoms with van der Waals surface area (Å²) < 4.78 is 40.4. The Morgan fingerprint density at radius 1 is 1.06 bits per heavy atom. The second kappa shape index (κ2) is 3.70. The molecule has 4 heteroatoms. The number of hydrogen-bond acceptors (Lipinski definition) is 1. The molecule has 0 aliphatic carbocycles. The van der Waals surface area contributed by atoms with Crippen LogP contribution in [-0.4, -0.2) is 6.36 Å². The fourth-order valence-corrected chi connectivity index (χ4v) is 1.57. The van der Waals surface area contributed by atoms with E-state index in [2.05, 4.69) is 4.74 Å². The number of rotatable bonds is 1. The second-order valence-electron chi connectivity index (χ2n) is 3.53. The van der Waals surface area contributed by atoms with Gasteiger partial charge in [0.05, 0.1) is 0 Å². The lowest BCUT2D eigenvalue weighted by Gasteiger charge is -2.11. The lowest BCUT2D eigenvalue weighted by molar-refractivity contribution is -0.274. The maximum atomic E-state index is 12.1. The molecular weight excluding hydrogens is 217 g/mol. The molecule has 0 radical (unpaired) electrons. The smallest absolute Gasteiger partial charge is 0.405 e. The molecule has 0 aliphatic rings. The van der Waals surface area contributed by atoms with Crippen molar-refractivity contribution >= 4 is 10.8 Å². The van der Waals surface area contributed by atoms with E-state index in [1.807, 2.05) is 13.0 Å². The third kappa shape index (κ3) is 2.27. The van der Waals surface area contributed by atoms with Crippen LogP contribution in [-0.2, 0) is 0 Å². The number of aryl methyl sites for hydroxylation is 1. The van der Waals surface area contributed by atoms with Gasteiger partial charge in [-0.3, -0.25) is 0 Å². The lowest BCUT2D eigenvalue weighted by atomic mass is 10.1. The number of ether oxygens (including phenoxy) is 1. The highest BCUT2D eigenvalue weighted by Crippen LogP contribution is 2.30. The quantitative estimate of drug-likeness (QED) is 0.712. The average molecular weight is 226 g/mol. The van der Waals surface area contributed by atoms with Crippen LogP contribution in [0, 0.1) is 6.92 Å². The molecule has 0 saturated heterocycles. The first-order chi connectivity index (χ1) is 7.46. The highest BCUT2D eigenvalue weighted by atomic mass is 19.4. The second-order valence-corrected chi connectivity index (χ2v) is 3.53. The van der Waals surface area contributed by atoms with E-state index in [1.165, 1.54) is 6.07 Å². The van der Waals surface area contributed by atoms with Gasteiger partial charge in [0.15, 0.2) is 0 Å². The Kier molecular flexibility index (Phi) is 2.50. The zero-order valence-electron chi connectivity index (χ0n) is 8.51. The Morgan fingerprint density at radius 3 is 2.50 bits per heavy atom. The minimum atomic E-state index is -4.65. The van der Waals surface area contributed by atoms with Crippen molar-refractivity contribution in [1.29, 1.82) is 0 Å². The molecule has 2 aromatic carbocycles. The van der Waals surface area contributed by atoms with Gasteiger partial charge in [-0.15, -0.1) is 13.2 Å². The van der Waals surface area contributed by atoms with Crippen LogP contribution in [0.25, 0.3) is 10.8 Å². The van der Waals surface area contributed by atoms with Crippen molar-refractivity contribution in [3.8, 4) is 5.75 Å². The number of alkyl halides is 3. The van der Waals surface area contributed by atoms with E-state index < -0.39 is 6.36 Å². The largest absolute Gasteiger partial charge is 0.573 e. The summed E-state index contributed by atoms with van der Waals surface area (Å²) in [7, 11) is 0. The predicted molar refractivity (Wildman–Crippen MR) is 55.4 cm³/mol. The minimum Gasteiger partial charge on any atom is -0.405 e. The van der Waals surface area contributed by atoms with Gasteiger partial charge in [-0.25, -0.2) is 0 Å². The SMILES string of the molecule is Cc1ccc2cccc(OC(F)(F)F)c2c1. The Labute approximate surface area is 90.5 Å². The summed E-state index contributed by atoms with van der Waals surface area (Å²) >= 11 is 0. The van der Waals surface area contributed by atoms with Crippen molar-refractivity contribution < 1.29 is 17.9 Å². The zero-order valence-corrected chi connectivity index (χ0v) is 8.51. The van der Waals surface area contributed by atoms with Crippen molar-refractivity contribution in [2.24, 2.45) is 0 Å². The van der Waals surface area contributed by atoms with E-state index in [1.54, 1.807) is 24.3 Å². The summed E-state index contributed by atoms with van der Waals surface area (Å²) in [5, 5.41) is 1.20. The Bertz CT molecular complexity index is 517. The first-order valence-electron chi connectivity index (χ1n) is 4.71. The van der Waals surface area contributed by atoms with Gasteiger partial charge in [0, 0.05) is 5.39 Å². The molecule has 0 N–H and O–H groups in total. The average Bonchev–Trinajstić information content (AvgIpc) is 2.17. The molecule has 0 atom stereocenters. The molecular formula is C12H9F3O. The molecule has 2 rings (SSSR count). The van der Waals surface area contributed by atoms with Crippen molar-refractivity contribution in [3.63, 3.8) is 0 Å². The van der Waals surface area contributed by atoms with Gasteiger partial charge in [0.2, 0.25) is 0 Å². The zero-order chi connectivity index (χ0) is 11.8. The van der Waals surface area contributed by atoms with Crippen LogP contribution in [0.4, 0.5) is 13.2 Å². The predicted octanol–water partition coefficient (Wildman–Crippen LogP) is 4.05. The summed E-state index contributed by atoms with van der Waals surface area (Å²) in [6.45, 7) is 1.82. The fourth-order valence-electron chi connectivity index (χ4n) is 1.57. The van der Waals surface area contributed by atoms with E-state index in [9.17, 15) is 13.2 Å². The van der Waals surface area contributed by atoms with Crippen molar-refractivity contribution in [1.82, 2.24) is 0 Å². The minimum absolute atomic E-state index is 0.159. The van der Waals surface area contributed by atoms with Gasteiger partial charge < -0.3 is 4.74 Å². The molecule has 0 saturated carbocycles. The van der Waals surface area contributed by atoms with Gasteiger partial charge in [-0.2, -0.15) is 0 Å². The molecule has 0 aromatic heterocycles. The van der Waals surface area contributed by atoms with Crippen LogP contribution in [0.2, 0.25) is 0 Å². The third-order valence-electron chi connectivity index (χ3n) is 2.22. The van der Waals surface area contributed by atoms with E-state index in [0.29, 0.717) is 5.39 Å². The molecule has 0 unspecified atom stereocenters.